The van der Waals surface area contributed by atoms with Crippen LogP contribution in [0.25, 0.3) is 0 Å². The van der Waals surface area contributed by atoms with Crippen LogP contribution in [0.4, 0.5) is 10.2 Å². The Kier molecular flexibility index (Phi) is 10.1. The van der Waals surface area contributed by atoms with Gasteiger partial charge in [-0.05, 0) is 49.6 Å². The highest BCUT2D eigenvalue weighted by Crippen LogP contribution is 2.15. The predicted octanol–water partition coefficient (Wildman–Crippen LogP) is 3.51. The molecule has 0 amide bonds. The second-order valence-corrected chi connectivity index (χ2v) is 6.32. The van der Waals surface area contributed by atoms with Crippen molar-refractivity contribution in [3.8, 4) is 0 Å². The van der Waals surface area contributed by atoms with Crippen molar-refractivity contribution >= 4 is 35.8 Å². The van der Waals surface area contributed by atoms with Gasteiger partial charge in [0.15, 0.2) is 5.96 Å². The third kappa shape index (κ3) is 7.32. The summed E-state index contributed by atoms with van der Waals surface area (Å²) in [5, 5.41) is 6.60. The van der Waals surface area contributed by atoms with E-state index in [0.717, 1.165) is 48.0 Å². The number of nitrogens with zero attached hydrogens (tertiary/aromatic N) is 3. The third-order valence-electron chi connectivity index (χ3n) is 4.03. The summed E-state index contributed by atoms with van der Waals surface area (Å²) in [4.78, 5) is 11.1. The van der Waals surface area contributed by atoms with Crippen molar-refractivity contribution in [2.45, 2.75) is 26.8 Å². The summed E-state index contributed by atoms with van der Waals surface area (Å²) < 4.78 is 13.2. The Morgan fingerprint density at radius 1 is 1.19 bits per heavy atom. The van der Waals surface area contributed by atoms with Crippen LogP contribution in [0.15, 0.2) is 41.5 Å². The minimum Gasteiger partial charge on any atom is -0.362 e. The van der Waals surface area contributed by atoms with Gasteiger partial charge in [-0.15, -0.1) is 24.0 Å². The van der Waals surface area contributed by atoms with Crippen LogP contribution in [0.5, 0.6) is 0 Å². The topological polar surface area (TPSA) is 52.6 Å². The van der Waals surface area contributed by atoms with E-state index in [-0.39, 0.29) is 29.8 Å². The molecule has 148 valence electrons. The van der Waals surface area contributed by atoms with Crippen LogP contribution < -0.4 is 15.5 Å². The molecule has 1 heterocycles. The molecular formula is C20H29FIN5. The minimum absolute atomic E-state index is 0. The van der Waals surface area contributed by atoms with Crippen molar-refractivity contribution in [2.75, 3.05) is 32.1 Å². The van der Waals surface area contributed by atoms with Gasteiger partial charge in [0, 0.05) is 38.9 Å². The first-order chi connectivity index (χ1) is 12.5. The molecule has 0 unspecified atom stereocenters. The van der Waals surface area contributed by atoms with E-state index in [1.165, 1.54) is 6.07 Å². The number of nitrogens with one attached hydrogen (secondary N) is 2. The molecular weight excluding hydrogens is 456 g/mol. The lowest BCUT2D eigenvalue weighted by Crippen LogP contribution is -2.38. The molecule has 0 aliphatic carbocycles. The zero-order valence-corrected chi connectivity index (χ0v) is 18.8. The molecule has 7 heteroatoms. The molecule has 27 heavy (non-hydrogen) atoms. The van der Waals surface area contributed by atoms with Gasteiger partial charge in [-0.1, -0.05) is 12.1 Å². The third-order valence-corrected chi connectivity index (χ3v) is 4.03. The fraction of sp³-hybridized carbons (Fsp3) is 0.400. The summed E-state index contributed by atoms with van der Waals surface area (Å²) >= 11 is 0. The molecule has 0 bridgehead atoms. The monoisotopic (exact) mass is 485 g/mol. The second kappa shape index (κ2) is 11.7. The fourth-order valence-electron chi connectivity index (χ4n) is 2.72. The van der Waals surface area contributed by atoms with Crippen LogP contribution in [0.3, 0.4) is 0 Å². The van der Waals surface area contributed by atoms with Gasteiger partial charge >= 0.3 is 0 Å². The van der Waals surface area contributed by atoms with E-state index in [0.29, 0.717) is 6.54 Å². The molecule has 0 atom stereocenters. The average Bonchev–Trinajstić information content (AvgIpc) is 2.61. The lowest BCUT2D eigenvalue weighted by Gasteiger charge is -2.16. The highest BCUT2D eigenvalue weighted by atomic mass is 127. The van der Waals surface area contributed by atoms with Crippen LogP contribution >= 0.6 is 24.0 Å². The predicted molar refractivity (Wildman–Crippen MR) is 122 cm³/mol. The van der Waals surface area contributed by atoms with E-state index < -0.39 is 0 Å². The second-order valence-electron chi connectivity index (χ2n) is 6.32. The van der Waals surface area contributed by atoms with E-state index in [1.807, 2.05) is 51.0 Å². The van der Waals surface area contributed by atoms with Crippen molar-refractivity contribution in [1.82, 2.24) is 15.6 Å². The van der Waals surface area contributed by atoms with Gasteiger partial charge in [-0.2, -0.15) is 0 Å². The van der Waals surface area contributed by atoms with Gasteiger partial charge in [-0.25, -0.2) is 14.4 Å². The Labute approximate surface area is 178 Å². The molecule has 0 saturated heterocycles. The maximum Gasteiger partial charge on any atom is 0.191 e. The van der Waals surface area contributed by atoms with E-state index >= 15 is 0 Å². The van der Waals surface area contributed by atoms with Crippen molar-refractivity contribution in [3.05, 3.63) is 59.0 Å². The number of pyridine rings is 1. The normalized spacial score (nSPS) is 10.9. The van der Waals surface area contributed by atoms with Gasteiger partial charge in [0.25, 0.3) is 0 Å². The zero-order chi connectivity index (χ0) is 18.9. The lowest BCUT2D eigenvalue weighted by atomic mass is 10.1. The summed E-state index contributed by atoms with van der Waals surface area (Å²) in [5.74, 6) is 1.50. The number of aromatic nitrogens is 1. The zero-order valence-electron chi connectivity index (χ0n) is 16.4. The summed E-state index contributed by atoms with van der Waals surface area (Å²) in [5.41, 5.74) is 3.18. The molecule has 1 aromatic heterocycles. The highest BCUT2D eigenvalue weighted by molar-refractivity contribution is 14.0. The number of benzene rings is 1. The lowest BCUT2D eigenvalue weighted by molar-refractivity contribution is 0.625. The molecule has 0 aliphatic heterocycles. The minimum atomic E-state index is -0.192. The molecule has 2 rings (SSSR count). The van der Waals surface area contributed by atoms with Gasteiger partial charge in [0.2, 0.25) is 0 Å². The molecule has 0 radical (unpaired) electrons. The number of guanidine groups is 1. The van der Waals surface area contributed by atoms with Crippen molar-refractivity contribution < 1.29 is 4.39 Å². The average molecular weight is 485 g/mol. The van der Waals surface area contributed by atoms with Crippen LogP contribution in [0.1, 0.15) is 23.6 Å². The molecule has 5 nitrogen and oxygen atoms in total. The number of rotatable bonds is 7. The highest BCUT2D eigenvalue weighted by Gasteiger charge is 2.06. The Balaban J connectivity index is 0.00000364. The van der Waals surface area contributed by atoms with E-state index in [4.69, 9.17) is 0 Å². The first-order valence-electron chi connectivity index (χ1n) is 8.89. The Morgan fingerprint density at radius 3 is 2.63 bits per heavy atom. The Bertz CT molecular complexity index is 749. The van der Waals surface area contributed by atoms with Crippen LogP contribution in [0.2, 0.25) is 0 Å². The molecule has 0 aliphatic rings. The van der Waals surface area contributed by atoms with Crippen LogP contribution in [-0.2, 0) is 13.0 Å². The van der Waals surface area contributed by atoms with E-state index in [9.17, 15) is 4.39 Å². The Morgan fingerprint density at radius 2 is 1.96 bits per heavy atom. The number of hydrogen-bond acceptors (Lipinski definition) is 3. The first kappa shape index (κ1) is 23.1. The van der Waals surface area contributed by atoms with E-state index in [1.54, 1.807) is 12.3 Å². The molecule has 2 N–H and O–H groups in total. The summed E-state index contributed by atoms with van der Waals surface area (Å²) in [7, 11) is 3.95. The SMILES string of the molecule is CCNC(=NCc1cccnc1N(C)C)NCCc1ccc(F)cc1C.I. The number of aliphatic imine (C=N–C) groups is 1. The summed E-state index contributed by atoms with van der Waals surface area (Å²) in [6.07, 6.45) is 2.60. The smallest absolute Gasteiger partial charge is 0.191 e. The number of hydrogen-bond donors (Lipinski definition) is 2. The molecule has 0 saturated carbocycles. The largest absolute Gasteiger partial charge is 0.362 e. The molecule has 0 fully saturated rings. The quantitative estimate of drug-likeness (QED) is 0.358. The van der Waals surface area contributed by atoms with Gasteiger partial charge in [0.05, 0.1) is 6.54 Å². The molecule has 2 aromatic rings. The molecule has 0 spiro atoms. The number of anilines is 1. The number of halogens is 2. The van der Waals surface area contributed by atoms with Crippen molar-refractivity contribution in [3.63, 3.8) is 0 Å². The Hall–Kier alpha value is -1.90. The number of aryl methyl sites for hydroxylation is 1. The maximum absolute atomic E-state index is 13.2. The molecule has 1 aromatic carbocycles. The summed E-state index contributed by atoms with van der Waals surface area (Å²) in [6, 6.07) is 8.88. The van der Waals surface area contributed by atoms with Crippen molar-refractivity contribution in [2.24, 2.45) is 4.99 Å². The first-order valence-corrected chi connectivity index (χ1v) is 8.89. The standard InChI is InChI=1S/C20H28FN5.HI/c1-5-22-20(24-12-10-16-8-9-18(21)13-15(16)2)25-14-17-7-6-11-23-19(17)26(3)4;/h6-9,11,13H,5,10,12,14H2,1-4H3,(H2,22,24,25);1H. The van der Waals surface area contributed by atoms with E-state index in [2.05, 4.69) is 20.6 Å². The van der Waals surface area contributed by atoms with Crippen LogP contribution in [0, 0.1) is 12.7 Å². The van der Waals surface area contributed by atoms with Crippen molar-refractivity contribution in [1.29, 1.82) is 0 Å². The summed E-state index contributed by atoms with van der Waals surface area (Å²) in [6.45, 7) is 6.03. The maximum atomic E-state index is 13.2. The van der Waals surface area contributed by atoms with Gasteiger partial charge in [-0.3, -0.25) is 0 Å². The fourth-order valence-corrected chi connectivity index (χ4v) is 2.72. The van der Waals surface area contributed by atoms with Gasteiger partial charge < -0.3 is 15.5 Å². The van der Waals surface area contributed by atoms with Gasteiger partial charge in [0.1, 0.15) is 11.6 Å². The van der Waals surface area contributed by atoms with Crippen LogP contribution in [-0.4, -0.2) is 38.1 Å².